The summed E-state index contributed by atoms with van der Waals surface area (Å²) in [5.74, 6) is -2.52. The van der Waals surface area contributed by atoms with E-state index in [1.165, 1.54) is 25.3 Å². The molecule has 7 nitrogen and oxygen atoms in total. The predicted octanol–water partition coefficient (Wildman–Crippen LogP) is 2.76. The first-order chi connectivity index (χ1) is 13.4. The number of piperidine rings is 1. The highest BCUT2D eigenvalue weighted by molar-refractivity contribution is 5.95. The van der Waals surface area contributed by atoms with E-state index in [2.05, 4.69) is 10.6 Å². The molecule has 9 heteroatoms. The monoisotopic (exact) mass is 391 g/mol. The molecule has 1 aliphatic rings. The van der Waals surface area contributed by atoms with Gasteiger partial charge >= 0.3 is 5.69 Å². The van der Waals surface area contributed by atoms with Crippen LogP contribution in [0.1, 0.15) is 28.3 Å². The van der Waals surface area contributed by atoms with Crippen molar-refractivity contribution in [1.29, 1.82) is 0 Å². The molecular formula is C19H19F2N3O4. The maximum atomic E-state index is 13.6. The van der Waals surface area contributed by atoms with Crippen LogP contribution in [0.4, 0.5) is 14.5 Å². The number of amides is 1. The lowest BCUT2D eigenvalue weighted by Gasteiger charge is -2.33. The fourth-order valence-electron chi connectivity index (χ4n) is 3.38. The van der Waals surface area contributed by atoms with Crippen LogP contribution in [0.5, 0.6) is 5.75 Å². The zero-order valence-corrected chi connectivity index (χ0v) is 15.1. The van der Waals surface area contributed by atoms with Gasteiger partial charge in [0.25, 0.3) is 5.91 Å². The fourth-order valence-corrected chi connectivity index (χ4v) is 3.38. The molecule has 0 aromatic heterocycles. The lowest BCUT2D eigenvalue weighted by Crippen LogP contribution is -2.50. The first-order valence-electron chi connectivity index (χ1n) is 8.69. The van der Waals surface area contributed by atoms with Crippen molar-refractivity contribution in [2.75, 3.05) is 20.2 Å². The van der Waals surface area contributed by atoms with Crippen molar-refractivity contribution in [2.24, 2.45) is 0 Å². The summed E-state index contributed by atoms with van der Waals surface area (Å²) in [4.78, 5) is 23.2. The SMILES string of the molecule is COc1ccc(C(=O)NC2CNCCC2c2ccc(F)c(F)c2)cc1[N+](=O)[O-]. The fraction of sp³-hybridized carbons (Fsp3) is 0.316. The molecule has 0 aliphatic carbocycles. The molecule has 1 heterocycles. The van der Waals surface area contributed by atoms with E-state index < -0.39 is 22.5 Å². The molecule has 2 atom stereocenters. The van der Waals surface area contributed by atoms with Crippen molar-refractivity contribution in [3.8, 4) is 5.75 Å². The van der Waals surface area contributed by atoms with Crippen LogP contribution in [0.25, 0.3) is 0 Å². The van der Waals surface area contributed by atoms with Gasteiger partial charge in [-0.05, 0) is 42.8 Å². The minimum absolute atomic E-state index is 0.0561. The Morgan fingerprint density at radius 2 is 2.04 bits per heavy atom. The number of nitro benzene ring substituents is 1. The second-order valence-corrected chi connectivity index (χ2v) is 6.50. The Kier molecular flexibility index (Phi) is 5.84. The zero-order valence-electron chi connectivity index (χ0n) is 15.1. The molecule has 0 spiro atoms. The highest BCUT2D eigenvalue weighted by atomic mass is 19.2. The van der Waals surface area contributed by atoms with Gasteiger partial charge in [0.15, 0.2) is 17.4 Å². The molecule has 0 saturated carbocycles. The molecule has 0 radical (unpaired) electrons. The molecule has 1 aliphatic heterocycles. The van der Waals surface area contributed by atoms with Gasteiger partial charge in [0, 0.05) is 30.1 Å². The topological polar surface area (TPSA) is 93.5 Å². The molecule has 2 N–H and O–H groups in total. The minimum atomic E-state index is -0.938. The van der Waals surface area contributed by atoms with Crippen LogP contribution in [-0.4, -0.2) is 37.1 Å². The van der Waals surface area contributed by atoms with E-state index in [0.717, 1.165) is 18.2 Å². The minimum Gasteiger partial charge on any atom is -0.490 e. The van der Waals surface area contributed by atoms with Crippen LogP contribution in [0.3, 0.4) is 0 Å². The third-order valence-corrected chi connectivity index (χ3v) is 4.81. The average molecular weight is 391 g/mol. The van der Waals surface area contributed by atoms with Crippen molar-refractivity contribution >= 4 is 11.6 Å². The van der Waals surface area contributed by atoms with E-state index in [9.17, 15) is 23.7 Å². The average Bonchev–Trinajstić information content (AvgIpc) is 2.70. The molecule has 1 fully saturated rings. The van der Waals surface area contributed by atoms with Gasteiger partial charge in [-0.2, -0.15) is 0 Å². The van der Waals surface area contributed by atoms with Crippen LogP contribution >= 0.6 is 0 Å². The third-order valence-electron chi connectivity index (χ3n) is 4.81. The van der Waals surface area contributed by atoms with Crippen molar-refractivity contribution in [3.05, 3.63) is 69.3 Å². The van der Waals surface area contributed by atoms with E-state index in [1.54, 1.807) is 0 Å². The van der Waals surface area contributed by atoms with Gasteiger partial charge in [-0.25, -0.2) is 8.78 Å². The van der Waals surface area contributed by atoms with Gasteiger partial charge in [-0.3, -0.25) is 14.9 Å². The Balaban J connectivity index is 1.82. The molecule has 2 aromatic carbocycles. The van der Waals surface area contributed by atoms with Gasteiger partial charge in [0.1, 0.15) is 0 Å². The van der Waals surface area contributed by atoms with Crippen LogP contribution < -0.4 is 15.4 Å². The quantitative estimate of drug-likeness (QED) is 0.604. The summed E-state index contributed by atoms with van der Waals surface area (Å²) in [5.41, 5.74) is 0.391. The molecule has 3 rings (SSSR count). The van der Waals surface area contributed by atoms with Crippen molar-refractivity contribution in [2.45, 2.75) is 18.4 Å². The summed E-state index contributed by atoms with van der Waals surface area (Å²) in [7, 11) is 1.31. The molecule has 2 unspecified atom stereocenters. The highest BCUT2D eigenvalue weighted by Crippen LogP contribution is 2.29. The highest BCUT2D eigenvalue weighted by Gasteiger charge is 2.29. The Morgan fingerprint density at radius 1 is 1.25 bits per heavy atom. The van der Waals surface area contributed by atoms with Crippen LogP contribution in [-0.2, 0) is 0 Å². The van der Waals surface area contributed by atoms with E-state index in [4.69, 9.17) is 4.74 Å². The summed E-state index contributed by atoms with van der Waals surface area (Å²) in [6.07, 6.45) is 0.624. The lowest BCUT2D eigenvalue weighted by molar-refractivity contribution is -0.385. The van der Waals surface area contributed by atoms with Gasteiger partial charge in [0.2, 0.25) is 0 Å². The lowest BCUT2D eigenvalue weighted by atomic mass is 9.85. The number of ether oxygens (including phenoxy) is 1. The van der Waals surface area contributed by atoms with Crippen molar-refractivity contribution < 1.29 is 23.2 Å². The number of nitrogens with one attached hydrogen (secondary N) is 2. The predicted molar refractivity (Wildman–Crippen MR) is 97.5 cm³/mol. The third kappa shape index (κ3) is 4.09. The number of methoxy groups -OCH3 is 1. The normalized spacial score (nSPS) is 19.1. The Labute approximate surface area is 159 Å². The molecule has 1 saturated heterocycles. The molecule has 0 bridgehead atoms. The second kappa shape index (κ2) is 8.30. The Hall–Kier alpha value is -3.07. The number of hydrogen-bond acceptors (Lipinski definition) is 5. The van der Waals surface area contributed by atoms with E-state index in [1.807, 2.05) is 0 Å². The maximum Gasteiger partial charge on any atom is 0.311 e. The number of rotatable bonds is 5. The molecule has 1 amide bonds. The first-order valence-corrected chi connectivity index (χ1v) is 8.69. The van der Waals surface area contributed by atoms with Crippen LogP contribution in [0, 0.1) is 21.7 Å². The van der Waals surface area contributed by atoms with Crippen LogP contribution in [0.15, 0.2) is 36.4 Å². The van der Waals surface area contributed by atoms with Gasteiger partial charge in [-0.1, -0.05) is 6.07 Å². The van der Waals surface area contributed by atoms with Crippen LogP contribution in [0.2, 0.25) is 0 Å². The molecule has 148 valence electrons. The zero-order chi connectivity index (χ0) is 20.3. The van der Waals surface area contributed by atoms with Gasteiger partial charge in [-0.15, -0.1) is 0 Å². The summed E-state index contributed by atoms with van der Waals surface area (Å²) >= 11 is 0. The molecule has 2 aromatic rings. The number of hydrogen-bond donors (Lipinski definition) is 2. The summed E-state index contributed by atoms with van der Waals surface area (Å²) < 4.78 is 31.8. The van der Waals surface area contributed by atoms with Gasteiger partial charge < -0.3 is 15.4 Å². The van der Waals surface area contributed by atoms with Crippen molar-refractivity contribution in [1.82, 2.24) is 10.6 Å². The number of halogens is 2. The molecular weight excluding hydrogens is 372 g/mol. The second-order valence-electron chi connectivity index (χ2n) is 6.50. The summed E-state index contributed by atoms with van der Waals surface area (Å²) in [6, 6.07) is 7.28. The maximum absolute atomic E-state index is 13.6. The van der Waals surface area contributed by atoms with E-state index in [-0.39, 0.29) is 29.0 Å². The van der Waals surface area contributed by atoms with Crippen molar-refractivity contribution in [3.63, 3.8) is 0 Å². The largest absolute Gasteiger partial charge is 0.490 e. The standard InChI is InChI=1S/C19H19F2N3O4/c1-28-18-5-3-12(9-17(18)24(26)27)19(25)23-16-10-22-7-6-13(16)11-2-4-14(20)15(21)8-11/h2-5,8-9,13,16,22H,6-7,10H2,1H3,(H,23,25). The molecule has 28 heavy (non-hydrogen) atoms. The number of carbonyl (C=O) groups is 1. The number of benzene rings is 2. The smallest absolute Gasteiger partial charge is 0.311 e. The first kappa shape index (κ1) is 19.7. The number of carbonyl (C=O) groups excluding carboxylic acids is 1. The summed E-state index contributed by atoms with van der Waals surface area (Å²) in [6.45, 7) is 1.11. The summed E-state index contributed by atoms with van der Waals surface area (Å²) in [5, 5.41) is 17.2. The Morgan fingerprint density at radius 3 is 2.71 bits per heavy atom. The Bertz CT molecular complexity index is 907. The van der Waals surface area contributed by atoms with Gasteiger partial charge in [0.05, 0.1) is 12.0 Å². The van der Waals surface area contributed by atoms with E-state index >= 15 is 0 Å². The van der Waals surface area contributed by atoms with E-state index in [0.29, 0.717) is 25.1 Å². The number of nitrogens with zero attached hydrogens (tertiary/aromatic N) is 1. The number of nitro groups is 1.